The topological polar surface area (TPSA) is 50.7 Å². The van der Waals surface area contributed by atoms with E-state index in [2.05, 4.69) is 10.5 Å². The summed E-state index contributed by atoms with van der Waals surface area (Å²) in [6.07, 6.45) is 8.19. The Bertz CT molecular complexity index is 470. The molecule has 0 spiro atoms. The lowest BCUT2D eigenvalue weighted by molar-refractivity contribution is -0.121. The molecule has 1 aromatic carbocycles. The first-order valence-corrected chi connectivity index (χ1v) is 7.75. The maximum absolute atomic E-state index is 11.8. The molecule has 1 N–H and O–H groups in total. The third-order valence-electron chi connectivity index (χ3n) is 3.82. The molecule has 1 fully saturated rings. The largest absolute Gasteiger partial charge is 0.497 e. The van der Waals surface area contributed by atoms with E-state index in [1.807, 2.05) is 24.3 Å². The molecule has 0 saturated heterocycles. The summed E-state index contributed by atoms with van der Waals surface area (Å²) in [7, 11) is 1.65. The fourth-order valence-electron chi connectivity index (χ4n) is 2.50. The number of benzene rings is 1. The molecule has 0 bridgehead atoms. The van der Waals surface area contributed by atoms with E-state index < -0.39 is 0 Å². The number of nitrogens with zero attached hydrogens (tertiary/aromatic N) is 1. The molecule has 1 amide bonds. The number of hydrogen-bond acceptors (Lipinski definition) is 3. The summed E-state index contributed by atoms with van der Waals surface area (Å²) in [5.74, 6) is 0.825. The second kappa shape index (κ2) is 8.45. The van der Waals surface area contributed by atoms with Gasteiger partial charge in [0.05, 0.1) is 7.11 Å². The third kappa shape index (κ3) is 5.58. The highest BCUT2D eigenvalue weighted by Crippen LogP contribution is 2.15. The van der Waals surface area contributed by atoms with Crippen LogP contribution in [0.25, 0.3) is 0 Å². The monoisotopic (exact) mass is 288 g/mol. The van der Waals surface area contributed by atoms with E-state index in [1.54, 1.807) is 7.11 Å². The molecule has 0 aliphatic heterocycles. The van der Waals surface area contributed by atoms with Gasteiger partial charge in [-0.2, -0.15) is 5.10 Å². The number of nitrogens with one attached hydrogen (secondary N) is 1. The van der Waals surface area contributed by atoms with Gasteiger partial charge >= 0.3 is 0 Å². The predicted molar refractivity (Wildman–Crippen MR) is 84.6 cm³/mol. The molecular formula is C17H24N2O2. The van der Waals surface area contributed by atoms with Crippen LogP contribution in [-0.2, 0) is 11.2 Å². The number of hydrazone groups is 1. The molecule has 2 rings (SSSR count). The number of rotatable bonds is 5. The number of aryl methyl sites for hydroxylation is 1. The van der Waals surface area contributed by atoms with Crippen LogP contribution >= 0.6 is 0 Å². The fourth-order valence-corrected chi connectivity index (χ4v) is 2.50. The van der Waals surface area contributed by atoms with Crippen molar-refractivity contribution in [3.05, 3.63) is 29.8 Å². The summed E-state index contributed by atoms with van der Waals surface area (Å²) in [6, 6.07) is 7.81. The second-order valence-electron chi connectivity index (χ2n) is 5.48. The third-order valence-corrected chi connectivity index (χ3v) is 3.82. The molecule has 4 heteroatoms. The van der Waals surface area contributed by atoms with Crippen LogP contribution in [0.1, 0.15) is 50.5 Å². The van der Waals surface area contributed by atoms with Gasteiger partial charge in [0.1, 0.15) is 5.75 Å². The quantitative estimate of drug-likeness (QED) is 0.666. The minimum Gasteiger partial charge on any atom is -0.497 e. The van der Waals surface area contributed by atoms with Crippen molar-refractivity contribution < 1.29 is 9.53 Å². The summed E-state index contributed by atoms with van der Waals surface area (Å²) in [5.41, 5.74) is 4.97. The summed E-state index contributed by atoms with van der Waals surface area (Å²) in [5, 5.41) is 4.28. The van der Waals surface area contributed by atoms with Crippen molar-refractivity contribution in [1.29, 1.82) is 0 Å². The Balaban J connectivity index is 1.74. The summed E-state index contributed by atoms with van der Waals surface area (Å²) in [4.78, 5) is 11.8. The van der Waals surface area contributed by atoms with Crippen LogP contribution in [0.2, 0.25) is 0 Å². The molecule has 1 aromatic rings. The maximum Gasteiger partial charge on any atom is 0.240 e. The van der Waals surface area contributed by atoms with Crippen LogP contribution in [0.4, 0.5) is 0 Å². The first-order valence-electron chi connectivity index (χ1n) is 7.75. The van der Waals surface area contributed by atoms with Gasteiger partial charge in [-0.15, -0.1) is 0 Å². The van der Waals surface area contributed by atoms with Gasteiger partial charge in [-0.25, -0.2) is 5.43 Å². The van der Waals surface area contributed by atoms with Gasteiger partial charge in [0.15, 0.2) is 0 Å². The van der Waals surface area contributed by atoms with Gasteiger partial charge in [0, 0.05) is 12.1 Å². The van der Waals surface area contributed by atoms with Crippen LogP contribution in [-0.4, -0.2) is 18.7 Å². The number of carbonyl (C=O) groups is 1. The van der Waals surface area contributed by atoms with E-state index in [-0.39, 0.29) is 5.91 Å². The summed E-state index contributed by atoms with van der Waals surface area (Å²) < 4.78 is 5.11. The highest BCUT2D eigenvalue weighted by molar-refractivity contribution is 5.86. The Hall–Kier alpha value is -1.84. The second-order valence-corrected chi connectivity index (χ2v) is 5.48. The smallest absolute Gasteiger partial charge is 0.240 e. The van der Waals surface area contributed by atoms with Crippen molar-refractivity contribution >= 4 is 11.6 Å². The van der Waals surface area contributed by atoms with E-state index >= 15 is 0 Å². The molecule has 114 valence electrons. The molecule has 1 aliphatic rings. The Labute approximate surface area is 126 Å². The Morgan fingerprint density at radius 2 is 1.81 bits per heavy atom. The van der Waals surface area contributed by atoms with Gasteiger partial charge in [-0.3, -0.25) is 4.79 Å². The number of carbonyl (C=O) groups excluding carboxylic acids is 1. The molecular weight excluding hydrogens is 264 g/mol. The van der Waals surface area contributed by atoms with Crippen LogP contribution in [0, 0.1) is 0 Å². The van der Waals surface area contributed by atoms with Crippen LogP contribution in [0.5, 0.6) is 5.75 Å². The lowest BCUT2D eigenvalue weighted by Crippen LogP contribution is -2.19. The Kier molecular flexibility index (Phi) is 6.25. The standard InChI is InChI=1S/C17H24N2O2/c1-21-16-11-8-14(9-12-16)10-13-17(20)19-18-15-6-4-2-3-5-7-15/h8-9,11-12H,2-7,10,13H2,1H3,(H,19,20). The molecule has 0 atom stereocenters. The van der Waals surface area contributed by atoms with E-state index in [0.717, 1.165) is 36.3 Å². The van der Waals surface area contributed by atoms with E-state index in [0.29, 0.717) is 6.42 Å². The highest BCUT2D eigenvalue weighted by atomic mass is 16.5. The number of methoxy groups -OCH3 is 1. The SMILES string of the molecule is COc1ccc(CCC(=O)NN=C2CCCCCC2)cc1. The first-order chi connectivity index (χ1) is 10.3. The number of ether oxygens (including phenoxy) is 1. The zero-order valence-corrected chi connectivity index (χ0v) is 12.7. The van der Waals surface area contributed by atoms with Crippen LogP contribution < -0.4 is 10.2 Å². The summed E-state index contributed by atoms with van der Waals surface area (Å²) >= 11 is 0. The normalized spacial score (nSPS) is 15.2. The zero-order chi connectivity index (χ0) is 14.9. The van der Waals surface area contributed by atoms with Gasteiger partial charge in [-0.05, 0) is 49.8 Å². The Morgan fingerprint density at radius 3 is 2.43 bits per heavy atom. The van der Waals surface area contributed by atoms with E-state index in [1.165, 1.54) is 25.7 Å². The molecule has 1 aliphatic carbocycles. The van der Waals surface area contributed by atoms with Crippen LogP contribution in [0.3, 0.4) is 0 Å². The molecule has 0 heterocycles. The minimum atomic E-state index is -0.0115. The number of hydrogen-bond donors (Lipinski definition) is 1. The maximum atomic E-state index is 11.8. The molecule has 1 saturated carbocycles. The van der Waals surface area contributed by atoms with Gasteiger partial charge in [0.2, 0.25) is 5.91 Å². The van der Waals surface area contributed by atoms with E-state index in [9.17, 15) is 4.79 Å². The lowest BCUT2D eigenvalue weighted by atomic mass is 10.1. The highest BCUT2D eigenvalue weighted by Gasteiger charge is 2.07. The van der Waals surface area contributed by atoms with Crippen molar-refractivity contribution in [3.63, 3.8) is 0 Å². The predicted octanol–water partition coefficient (Wildman–Crippen LogP) is 3.45. The molecule has 0 aromatic heterocycles. The van der Waals surface area contributed by atoms with Gasteiger partial charge < -0.3 is 4.74 Å². The van der Waals surface area contributed by atoms with Crippen molar-refractivity contribution in [2.45, 2.75) is 51.4 Å². The Morgan fingerprint density at radius 1 is 1.14 bits per heavy atom. The van der Waals surface area contributed by atoms with Crippen LogP contribution in [0.15, 0.2) is 29.4 Å². The molecule has 21 heavy (non-hydrogen) atoms. The molecule has 0 radical (unpaired) electrons. The van der Waals surface area contributed by atoms with Crippen molar-refractivity contribution in [3.8, 4) is 5.75 Å². The fraction of sp³-hybridized carbons (Fsp3) is 0.529. The zero-order valence-electron chi connectivity index (χ0n) is 12.7. The lowest BCUT2D eigenvalue weighted by Gasteiger charge is -2.05. The summed E-state index contributed by atoms with van der Waals surface area (Å²) in [6.45, 7) is 0. The molecule has 0 unspecified atom stereocenters. The van der Waals surface area contributed by atoms with E-state index in [4.69, 9.17) is 4.74 Å². The van der Waals surface area contributed by atoms with Crippen molar-refractivity contribution in [2.24, 2.45) is 5.10 Å². The molecule has 4 nitrogen and oxygen atoms in total. The average Bonchev–Trinajstić information content (AvgIpc) is 2.80. The van der Waals surface area contributed by atoms with Crippen molar-refractivity contribution in [2.75, 3.05) is 7.11 Å². The first kappa shape index (κ1) is 15.5. The number of amides is 1. The minimum absolute atomic E-state index is 0.0115. The van der Waals surface area contributed by atoms with Gasteiger partial charge in [0.25, 0.3) is 0 Å². The van der Waals surface area contributed by atoms with Crippen molar-refractivity contribution in [1.82, 2.24) is 5.43 Å². The van der Waals surface area contributed by atoms with Gasteiger partial charge in [-0.1, -0.05) is 25.0 Å². The average molecular weight is 288 g/mol.